The molecule has 1 unspecified atom stereocenters. The number of rotatable bonds is 9. The molecule has 2 aromatic heterocycles. The first-order valence-electron chi connectivity index (χ1n) is 9.14. The number of ketones is 1. The van der Waals surface area contributed by atoms with Crippen LogP contribution in [-0.4, -0.2) is 41.6 Å². The van der Waals surface area contributed by atoms with E-state index in [1.54, 1.807) is 13.8 Å². The molecule has 0 bridgehead atoms. The molecule has 2 heterocycles. The minimum Gasteiger partial charge on any atom is -0.481 e. The maximum atomic E-state index is 12.6. The third-order valence-electron chi connectivity index (χ3n) is 4.09. The normalized spacial score (nSPS) is 12.2. The molecular formula is C20H22F3N3O4. The van der Waals surface area contributed by atoms with E-state index < -0.39 is 24.7 Å². The molecule has 1 atom stereocenters. The number of hydrogen-bond acceptors (Lipinski definition) is 6. The number of pyridine rings is 2. The second-order valence-corrected chi connectivity index (χ2v) is 6.49. The van der Waals surface area contributed by atoms with Gasteiger partial charge in [0.25, 0.3) is 5.91 Å². The van der Waals surface area contributed by atoms with Gasteiger partial charge in [-0.25, -0.2) is 9.97 Å². The Morgan fingerprint density at radius 1 is 1.20 bits per heavy atom. The fourth-order valence-corrected chi connectivity index (χ4v) is 2.47. The summed E-state index contributed by atoms with van der Waals surface area (Å²) < 4.78 is 46.2. The lowest BCUT2D eigenvalue weighted by molar-refractivity contribution is -0.154. The Morgan fingerprint density at radius 2 is 1.93 bits per heavy atom. The van der Waals surface area contributed by atoms with Crippen LogP contribution in [-0.2, 0) is 11.2 Å². The van der Waals surface area contributed by atoms with Crippen LogP contribution in [0.15, 0.2) is 30.5 Å². The van der Waals surface area contributed by atoms with Gasteiger partial charge < -0.3 is 14.8 Å². The Hall–Kier alpha value is -3.17. The van der Waals surface area contributed by atoms with Crippen molar-refractivity contribution in [2.24, 2.45) is 0 Å². The summed E-state index contributed by atoms with van der Waals surface area (Å²) in [6.07, 6.45) is -2.68. The fourth-order valence-electron chi connectivity index (χ4n) is 2.47. The topological polar surface area (TPSA) is 90.4 Å². The molecule has 0 saturated heterocycles. The average molecular weight is 425 g/mol. The maximum absolute atomic E-state index is 12.6. The van der Waals surface area contributed by atoms with E-state index in [4.69, 9.17) is 4.74 Å². The van der Waals surface area contributed by atoms with E-state index in [0.29, 0.717) is 17.7 Å². The number of halogens is 3. The third kappa shape index (κ3) is 7.02. The standard InChI is InChI=1S/C20H22F3N3O4/c1-4-16(27)9-15-7-14(8-18(26-15)29-3)19(28)25-12(2)13-5-6-17(24-10-13)30-11-20(21,22)23/h5-8,10,12H,4,9,11H2,1-3H3,(H,25,28). The zero-order valence-corrected chi connectivity index (χ0v) is 16.7. The van der Waals surface area contributed by atoms with Crippen molar-refractivity contribution in [1.29, 1.82) is 0 Å². The zero-order chi connectivity index (χ0) is 22.3. The van der Waals surface area contributed by atoms with Gasteiger partial charge in [0.15, 0.2) is 6.61 Å². The lowest BCUT2D eigenvalue weighted by atomic mass is 10.1. The molecule has 0 spiro atoms. The summed E-state index contributed by atoms with van der Waals surface area (Å²) >= 11 is 0. The van der Waals surface area contributed by atoms with Crippen molar-refractivity contribution < 1.29 is 32.2 Å². The monoisotopic (exact) mass is 425 g/mol. The van der Waals surface area contributed by atoms with E-state index in [1.165, 1.54) is 37.6 Å². The molecule has 162 valence electrons. The van der Waals surface area contributed by atoms with Gasteiger partial charge in [-0.2, -0.15) is 13.2 Å². The predicted octanol–water partition coefficient (Wildman–Crippen LogP) is 3.44. The summed E-state index contributed by atoms with van der Waals surface area (Å²) in [5.74, 6) is -0.402. The van der Waals surface area contributed by atoms with Gasteiger partial charge in [-0.1, -0.05) is 13.0 Å². The minimum absolute atomic E-state index is 0.0191. The van der Waals surface area contributed by atoms with Gasteiger partial charge >= 0.3 is 6.18 Å². The first-order chi connectivity index (χ1) is 14.1. The smallest absolute Gasteiger partial charge is 0.422 e. The van der Waals surface area contributed by atoms with Gasteiger partial charge in [0, 0.05) is 36.7 Å². The van der Waals surface area contributed by atoms with Crippen LogP contribution in [0.3, 0.4) is 0 Å². The van der Waals surface area contributed by atoms with E-state index in [1.807, 2.05) is 0 Å². The Labute approximate surface area is 171 Å². The number of amides is 1. The molecule has 1 N–H and O–H groups in total. The van der Waals surface area contributed by atoms with Gasteiger partial charge in [-0.15, -0.1) is 0 Å². The van der Waals surface area contributed by atoms with Crippen molar-refractivity contribution in [1.82, 2.24) is 15.3 Å². The SMILES string of the molecule is CCC(=O)Cc1cc(C(=O)NC(C)c2ccc(OCC(F)(F)F)nc2)cc(OC)n1. The van der Waals surface area contributed by atoms with Gasteiger partial charge in [-0.3, -0.25) is 9.59 Å². The van der Waals surface area contributed by atoms with E-state index in [2.05, 4.69) is 20.0 Å². The molecule has 2 aromatic rings. The Bertz CT molecular complexity index is 886. The highest BCUT2D eigenvalue weighted by molar-refractivity contribution is 5.95. The number of hydrogen-bond donors (Lipinski definition) is 1. The molecule has 0 saturated carbocycles. The molecule has 7 nitrogen and oxygen atoms in total. The highest BCUT2D eigenvalue weighted by Crippen LogP contribution is 2.20. The minimum atomic E-state index is -4.45. The van der Waals surface area contributed by atoms with Crippen LogP contribution in [0.25, 0.3) is 0 Å². The van der Waals surface area contributed by atoms with E-state index >= 15 is 0 Å². The second-order valence-electron chi connectivity index (χ2n) is 6.49. The highest BCUT2D eigenvalue weighted by atomic mass is 19.4. The molecule has 2 rings (SSSR count). The van der Waals surface area contributed by atoms with Crippen LogP contribution in [0.5, 0.6) is 11.8 Å². The largest absolute Gasteiger partial charge is 0.481 e. The quantitative estimate of drug-likeness (QED) is 0.662. The fraction of sp³-hybridized carbons (Fsp3) is 0.400. The average Bonchev–Trinajstić information content (AvgIpc) is 2.71. The van der Waals surface area contributed by atoms with E-state index in [-0.39, 0.29) is 29.5 Å². The number of carbonyl (C=O) groups excluding carboxylic acids is 2. The van der Waals surface area contributed by atoms with Crippen LogP contribution >= 0.6 is 0 Å². The highest BCUT2D eigenvalue weighted by Gasteiger charge is 2.28. The van der Waals surface area contributed by atoms with Crippen LogP contribution in [0.4, 0.5) is 13.2 Å². The number of nitrogens with one attached hydrogen (secondary N) is 1. The Morgan fingerprint density at radius 3 is 2.50 bits per heavy atom. The number of carbonyl (C=O) groups is 2. The molecule has 10 heteroatoms. The van der Waals surface area contributed by atoms with Crippen molar-refractivity contribution >= 4 is 11.7 Å². The van der Waals surface area contributed by atoms with E-state index in [9.17, 15) is 22.8 Å². The summed E-state index contributed by atoms with van der Waals surface area (Å²) in [7, 11) is 1.41. The van der Waals surface area contributed by atoms with Crippen molar-refractivity contribution in [2.45, 2.75) is 38.9 Å². The Balaban J connectivity index is 2.07. The van der Waals surface area contributed by atoms with Gasteiger partial charge in [0.1, 0.15) is 5.78 Å². The van der Waals surface area contributed by atoms with Crippen molar-refractivity contribution in [3.05, 3.63) is 47.3 Å². The first-order valence-corrected chi connectivity index (χ1v) is 9.14. The summed E-state index contributed by atoms with van der Waals surface area (Å²) in [5, 5.41) is 2.77. The van der Waals surface area contributed by atoms with Gasteiger partial charge in [0.05, 0.1) is 18.8 Å². The lowest BCUT2D eigenvalue weighted by Crippen LogP contribution is -2.27. The molecule has 0 radical (unpaired) electrons. The van der Waals surface area contributed by atoms with Crippen LogP contribution in [0, 0.1) is 0 Å². The number of aromatic nitrogens is 2. The van der Waals surface area contributed by atoms with Gasteiger partial charge in [0.2, 0.25) is 11.8 Å². The van der Waals surface area contributed by atoms with Crippen LogP contribution in [0.1, 0.15) is 47.9 Å². The third-order valence-corrected chi connectivity index (χ3v) is 4.09. The number of nitrogens with zero attached hydrogens (tertiary/aromatic N) is 2. The summed E-state index contributed by atoms with van der Waals surface area (Å²) in [6, 6.07) is 5.30. The molecule has 30 heavy (non-hydrogen) atoms. The number of Topliss-reactive ketones (excluding diaryl/α,β-unsaturated/α-hetero) is 1. The van der Waals surface area contributed by atoms with Crippen LogP contribution < -0.4 is 14.8 Å². The van der Waals surface area contributed by atoms with Crippen molar-refractivity contribution in [2.75, 3.05) is 13.7 Å². The molecule has 0 aliphatic carbocycles. The van der Waals surface area contributed by atoms with Crippen molar-refractivity contribution in [3.63, 3.8) is 0 Å². The molecule has 0 aliphatic rings. The van der Waals surface area contributed by atoms with Crippen molar-refractivity contribution in [3.8, 4) is 11.8 Å². The maximum Gasteiger partial charge on any atom is 0.422 e. The number of ether oxygens (including phenoxy) is 2. The zero-order valence-electron chi connectivity index (χ0n) is 16.7. The molecule has 0 aromatic carbocycles. The summed E-state index contributed by atoms with van der Waals surface area (Å²) in [4.78, 5) is 32.3. The summed E-state index contributed by atoms with van der Waals surface area (Å²) in [5.41, 5.74) is 1.27. The summed E-state index contributed by atoms with van der Waals surface area (Å²) in [6.45, 7) is 2.01. The molecular weight excluding hydrogens is 403 g/mol. The van der Waals surface area contributed by atoms with E-state index in [0.717, 1.165) is 0 Å². The Kier molecular flexibility index (Phi) is 7.73. The van der Waals surface area contributed by atoms with Crippen LogP contribution in [0.2, 0.25) is 0 Å². The predicted molar refractivity (Wildman–Crippen MR) is 101 cm³/mol. The molecule has 0 aliphatic heterocycles. The molecule has 1 amide bonds. The molecule has 0 fully saturated rings. The number of methoxy groups -OCH3 is 1. The van der Waals surface area contributed by atoms with Gasteiger partial charge in [-0.05, 0) is 18.6 Å². The second kappa shape index (κ2) is 10.0. The lowest BCUT2D eigenvalue weighted by Gasteiger charge is -2.15. The number of alkyl halides is 3. The first kappa shape index (κ1) is 23.1.